The molecule has 3 aromatic rings. The van der Waals surface area contributed by atoms with E-state index in [1.807, 2.05) is 36.4 Å². The van der Waals surface area contributed by atoms with Gasteiger partial charge in [0.1, 0.15) is 0 Å². The maximum atomic E-state index is 12.5. The lowest BCUT2D eigenvalue weighted by molar-refractivity contribution is -0.116. The molecule has 0 saturated carbocycles. The van der Waals surface area contributed by atoms with Crippen molar-refractivity contribution in [2.75, 3.05) is 19.5 Å². The summed E-state index contributed by atoms with van der Waals surface area (Å²) in [7, 11) is 3.26. The fourth-order valence-electron chi connectivity index (χ4n) is 3.49. The summed E-state index contributed by atoms with van der Waals surface area (Å²) in [5, 5.41) is 5.19. The van der Waals surface area contributed by atoms with Crippen LogP contribution in [-0.2, 0) is 4.79 Å². The molecule has 0 fully saturated rings. The Balaban J connectivity index is 1.85. The van der Waals surface area contributed by atoms with Gasteiger partial charge in [0, 0.05) is 33.7 Å². The molecule has 1 amide bonds. The summed E-state index contributed by atoms with van der Waals surface area (Å²) >= 11 is 1.67. The lowest BCUT2D eigenvalue weighted by Crippen LogP contribution is -2.22. The Morgan fingerprint density at radius 1 is 1.04 bits per heavy atom. The lowest BCUT2D eigenvalue weighted by Gasteiger charge is -2.25. The number of nitrogens with one attached hydrogen (secondary N) is 1. The first kappa shape index (κ1) is 16.7. The van der Waals surface area contributed by atoms with Gasteiger partial charge in [-0.3, -0.25) is 4.79 Å². The number of carbonyl (C=O) groups is 1. The number of amides is 1. The van der Waals surface area contributed by atoms with Gasteiger partial charge in [-0.15, -0.1) is 11.3 Å². The normalized spacial score (nSPS) is 15.9. The minimum absolute atomic E-state index is 0.0166. The highest BCUT2D eigenvalue weighted by Gasteiger charge is 2.32. The highest BCUT2D eigenvalue weighted by molar-refractivity contribution is 7.11. The molecule has 4 nitrogen and oxygen atoms in total. The van der Waals surface area contributed by atoms with Gasteiger partial charge in [0.2, 0.25) is 5.91 Å². The number of thiophene rings is 1. The molecule has 0 aliphatic carbocycles. The fraction of sp³-hybridized carbons (Fsp3) is 0.190. The maximum Gasteiger partial charge on any atom is 0.225 e. The number of hydrogen-bond donors (Lipinski definition) is 1. The Morgan fingerprint density at radius 2 is 1.85 bits per heavy atom. The zero-order valence-electron chi connectivity index (χ0n) is 14.6. The topological polar surface area (TPSA) is 47.6 Å². The highest BCUT2D eigenvalue weighted by Crippen LogP contribution is 2.49. The second-order valence-corrected chi connectivity index (χ2v) is 7.05. The molecular weight excluding hydrogens is 346 g/mol. The smallest absolute Gasteiger partial charge is 0.225 e. The van der Waals surface area contributed by atoms with Crippen molar-refractivity contribution in [2.24, 2.45) is 0 Å². The summed E-state index contributed by atoms with van der Waals surface area (Å²) in [4.78, 5) is 13.6. The van der Waals surface area contributed by atoms with Gasteiger partial charge in [0.25, 0.3) is 0 Å². The number of fused-ring (bicyclic) bond motifs is 1. The predicted octanol–water partition coefficient (Wildman–Crippen LogP) is 4.91. The predicted molar refractivity (Wildman–Crippen MR) is 104 cm³/mol. The van der Waals surface area contributed by atoms with Crippen molar-refractivity contribution in [1.29, 1.82) is 0 Å². The molecule has 0 radical (unpaired) electrons. The number of anilines is 1. The Labute approximate surface area is 156 Å². The summed E-state index contributed by atoms with van der Waals surface area (Å²) in [5.74, 6) is 1.34. The molecular formula is C21H19NO3S. The van der Waals surface area contributed by atoms with Crippen molar-refractivity contribution in [3.05, 3.63) is 64.4 Å². The first-order valence-electron chi connectivity index (χ1n) is 8.40. The molecule has 1 N–H and O–H groups in total. The molecule has 1 atom stereocenters. The van der Waals surface area contributed by atoms with Crippen LogP contribution < -0.4 is 14.8 Å². The van der Waals surface area contributed by atoms with Crippen LogP contribution in [0.3, 0.4) is 0 Å². The van der Waals surface area contributed by atoms with Crippen LogP contribution in [0.25, 0.3) is 11.1 Å². The molecule has 1 aliphatic rings. The van der Waals surface area contributed by atoms with E-state index in [0.29, 0.717) is 17.9 Å². The van der Waals surface area contributed by atoms with Crippen LogP contribution in [-0.4, -0.2) is 20.1 Å². The second kappa shape index (κ2) is 6.84. The Hall–Kier alpha value is -2.79. The minimum atomic E-state index is -0.0498. The van der Waals surface area contributed by atoms with Crippen LogP contribution in [0.4, 0.5) is 5.69 Å². The fourth-order valence-corrected chi connectivity index (χ4v) is 4.65. The maximum absolute atomic E-state index is 12.5. The number of benzene rings is 2. The van der Waals surface area contributed by atoms with Gasteiger partial charge in [-0.25, -0.2) is 0 Å². The molecule has 1 unspecified atom stereocenters. The van der Waals surface area contributed by atoms with E-state index in [9.17, 15) is 4.79 Å². The standard InChI is InChI=1S/C21H19NO3S/c1-24-17-10-6-9-14(20(17)25-2)15-11-18(23)22-19-16(12-26-21(15)19)13-7-4-3-5-8-13/h3-10,12,15H,11H2,1-2H3,(H,22,23). The van der Waals surface area contributed by atoms with Crippen molar-refractivity contribution in [3.63, 3.8) is 0 Å². The Morgan fingerprint density at radius 3 is 2.58 bits per heavy atom. The van der Waals surface area contributed by atoms with E-state index >= 15 is 0 Å². The van der Waals surface area contributed by atoms with Crippen molar-refractivity contribution < 1.29 is 14.3 Å². The Bertz CT molecular complexity index is 949. The van der Waals surface area contributed by atoms with Crippen LogP contribution in [0.2, 0.25) is 0 Å². The summed E-state index contributed by atoms with van der Waals surface area (Å²) in [6, 6.07) is 15.9. The molecule has 132 valence electrons. The Kier molecular flexibility index (Phi) is 4.39. The van der Waals surface area contributed by atoms with Gasteiger partial charge in [-0.1, -0.05) is 42.5 Å². The van der Waals surface area contributed by atoms with Gasteiger partial charge in [0.15, 0.2) is 11.5 Å². The highest BCUT2D eigenvalue weighted by atomic mass is 32.1. The van der Waals surface area contributed by atoms with E-state index < -0.39 is 0 Å². The third kappa shape index (κ3) is 2.74. The first-order valence-corrected chi connectivity index (χ1v) is 9.28. The largest absolute Gasteiger partial charge is 0.493 e. The van der Waals surface area contributed by atoms with Gasteiger partial charge in [-0.2, -0.15) is 0 Å². The zero-order chi connectivity index (χ0) is 18.1. The SMILES string of the molecule is COc1cccc(C2CC(=O)Nc3c(-c4ccccc4)csc32)c1OC. The van der Waals surface area contributed by atoms with E-state index in [4.69, 9.17) is 9.47 Å². The molecule has 2 aromatic carbocycles. The number of hydrogen-bond acceptors (Lipinski definition) is 4. The third-order valence-electron chi connectivity index (χ3n) is 4.68. The van der Waals surface area contributed by atoms with Crippen LogP contribution in [0.1, 0.15) is 22.8 Å². The number of rotatable bonds is 4. The summed E-state index contributed by atoms with van der Waals surface area (Å²) in [6.07, 6.45) is 0.394. The summed E-state index contributed by atoms with van der Waals surface area (Å²) in [6.45, 7) is 0. The van der Waals surface area contributed by atoms with Gasteiger partial charge in [0.05, 0.1) is 19.9 Å². The average Bonchev–Trinajstić information content (AvgIpc) is 3.11. The van der Waals surface area contributed by atoms with Crippen molar-refractivity contribution in [1.82, 2.24) is 0 Å². The van der Waals surface area contributed by atoms with Crippen LogP contribution in [0.5, 0.6) is 11.5 Å². The number of ether oxygens (including phenoxy) is 2. The number of methoxy groups -OCH3 is 2. The summed E-state index contributed by atoms with van der Waals surface area (Å²) < 4.78 is 11.0. The van der Waals surface area contributed by atoms with E-state index in [1.54, 1.807) is 25.6 Å². The van der Waals surface area contributed by atoms with Crippen molar-refractivity contribution >= 4 is 22.9 Å². The van der Waals surface area contributed by atoms with Gasteiger partial charge < -0.3 is 14.8 Å². The molecule has 0 saturated heterocycles. The molecule has 5 heteroatoms. The molecule has 1 aromatic heterocycles. The quantitative estimate of drug-likeness (QED) is 0.715. The van der Waals surface area contributed by atoms with E-state index in [2.05, 4.69) is 22.8 Å². The van der Waals surface area contributed by atoms with Crippen molar-refractivity contribution in [3.8, 4) is 22.6 Å². The lowest BCUT2D eigenvalue weighted by atomic mass is 9.88. The monoisotopic (exact) mass is 365 g/mol. The molecule has 0 spiro atoms. The third-order valence-corrected chi connectivity index (χ3v) is 5.78. The minimum Gasteiger partial charge on any atom is -0.493 e. The van der Waals surface area contributed by atoms with Crippen LogP contribution in [0.15, 0.2) is 53.9 Å². The molecule has 0 bridgehead atoms. The van der Waals surface area contributed by atoms with Crippen molar-refractivity contribution in [2.45, 2.75) is 12.3 Å². The van der Waals surface area contributed by atoms with E-state index in [1.165, 1.54) is 0 Å². The molecule has 26 heavy (non-hydrogen) atoms. The molecule has 4 rings (SSSR count). The summed E-state index contributed by atoms with van der Waals surface area (Å²) in [5.41, 5.74) is 4.05. The van der Waals surface area contributed by atoms with Crippen LogP contribution in [0, 0.1) is 0 Å². The molecule has 2 heterocycles. The molecule has 1 aliphatic heterocycles. The van der Waals surface area contributed by atoms with Crippen LogP contribution >= 0.6 is 11.3 Å². The first-order chi connectivity index (χ1) is 12.7. The second-order valence-electron chi connectivity index (χ2n) is 6.14. The van der Waals surface area contributed by atoms with Gasteiger partial charge >= 0.3 is 0 Å². The van der Waals surface area contributed by atoms with E-state index in [-0.39, 0.29) is 11.8 Å². The number of para-hydroxylation sites is 1. The van der Waals surface area contributed by atoms with Gasteiger partial charge in [-0.05, 0) is 11.6 Å². The zero-order valence-corrected chi connectivity index (χ0v) is 15.4. The average molecular weight is 365 g/mol. The van der Waals surface area contributed by atoms with E-state index in [0.717, 1.165) is 27.3 Å². The number of carbonyl (C=O) groups excluding carboxylic acids is 1.